The SMILES string of the molecule is N#[N+]SC(=S)[S-]. The van der Waals surface area contributed by atoms with Gasteiger partial charge in [-0.05, 0) is 0 Å². The Morgan fingerprint density at radius 2 is 2.50 bits per heavy atom. The third-order valence-electron chi connectivity index (χ3n) is 0.115. The molecule has 6 heavy (non-hydrogen) atoms. The quantitative estimate of drug-likeness (QED) is 0.217. The molecule has 0 atom stereocenters. The molecule has 0 saturated carbocycles. The predicted molar refractivity (Wildman–Crippen MR) is 32.6 cm³/mol. The molecule has 32 valence electrons. The van der Waals surface area contributed by atoms with Gasteiger partial charge in [0, 0.05) is 3.53 Å². The van der Waals surface area contributed by atoms with Crippen LogP contribution < -0.4 is 0 Å². The zero-order valence-electron chi connectivity index (χ0n) is 2.62. The minimum Gasteiger partial charge on any atom is -0.415 e. The Morgan fingerprint density at radius 3 is 2.50 bits per heavy atom. The number of diazo groups is 1. The van der Waals surface area contributed by atoms with Crippen LogP contribution in [0.25, 0.3) is 4.38 Å². The summed E-state index contributed by atoms with van der Waals surface area (Å²) in [4.78, 5) is 0. The summed E-state index contributed by atoms with van der Waals surface area (Å²) in [5.41, 5.74) is 0. The molecule has 0 aliphatic heterocycles. The van der Waals surface area contributed by atoms with Crippen molar-refractivity contribution in [2.75, 3.05) is 0 Å². The van der Waals surface area contributed by atoms with Crippen molar-refractivity contribution in [2.24, 2.45) is 0 Å². The Balaban J connectivity index is 3.13. The molecule has 0 aliphatic rings. The van der Waals surface area contributed by atoms with Crippen LogP contribution in [0.15, 0.2) is 0 Å². The van der Waals surface area contributed by atoms with E-state index in [0.717, 1.165) is 0 Å². The summed E-state index contributed by atoms with van der Waals surface area (Å²) < 4.78 is 2.81. The standard InChI is InChI=1S/CN2S3/c2-3-6-1(4)5. The van der Waals surface area contributed by atoms with Crippen LogP contribution in [0, 0.1) is 5.39 Å². The number of thiocarbonyl (C=S) groups is 1. The minimum absolute atomic E-state index is 0.206. The van der Waals surface area contributed by atoms with E-state index < -0.39 is 0 Å². The third-order valence-corrected chi connectivity index (χ3v) is 0.793. The smallest absolute Gasteiger partial charge is 0.374 e. The number of hydrogen-bond acceptors (Lipinski definition) is 4. The molecule has 5 heteroatoms. The van der Waals surface area contributed by atoms with Crippen LogP contribution in [0.3, 0.4) is 0 Å². The van der Waals surface area contributed by atoms with Crippen LogP contribution in [-0.4, -0.2) is 3.53 Å². The highest BCUT2D eigenvalue weighted by Crippen LogP contribution is 2.00. The normalized spacial score (nSPS) is 6.50. The van der Waals surface area contributed by atoms with Gasteiger partial charge in [0.1, 0.15) is 0 Å². The van der Waals surface area contributed by atoms with Crippen LogP contribution in [0.2, 0.25) is 0 Å². The molecule has 0 fully saturated rings. The largest absolute Gasteiger partial charge is 0.415 e. The lowest BCUT2D eigenvalue weighted by Crippen LogP contribution is -1.67. The molecule has 0 aromatic rings. The van der Waals surface area contributed by atoms with Crippen molar-refractivity contribution in [2.45, 2.75) is 0 Å². The summed E-state index contributed by atoms with van der Waals surface area (Å²) in [5.74, 6) is 0. The van der Waals surface area contributed by atoms with Gasteiger partial charge < -0.3 is 24.8 Å². The van der Waals surface area contributed by atoms with Crippen LogP contribution in [0.1, 0.15) is 0 Å². The van der Waals surface area contributed by atoms with Crippen molar-refractivity contribution in [3.05, 3.63) is 4.38 Å². The van der Waals surface area contributed by atoms with E-state index >= 15 is 0 Å². The Labute approximate surface area is 50.5 Å². The zero-order valence-corrected chi connectivity index (χ0v) is 5.07. The van der Waals surface area contributed by atoms with E-state index in [1.54, 1.807) is 0 Å². The summed E-state index contributed by atoms with van der Waals surface area (Å²) in [6.07, 6.45) is 0. The first-order valence-electron chi connectivity index (χ1n) is 0.995. The minimum atomic E-state index is 0.206. The Bertz CT molecular complexity index is 91.5. The molecule has 0 aromatic heterocycles. The van der Waals surface area contributed by atoms with E-state index in [2.05, 4.69) is 29.2 Å². The van der Waals surface area contributed by atoms with Gasteiger partial charge >= 0.3 is 11.9 Å². The molecule has 0 amide bonds. The molecule has 0 heterocycles. The van der Waals surface area contributed by atoms with E-state index in [-0.39, 0.29) is 3.53 Å². The van der Waals surface area contributed by atoms with E-state index in [9.17, 15) is 0 Å². The van der Waals surface area contributed by atoms with E-state index in [1.165, 1.54) is 0 Å². The van der Waals surface area contributed by atoms with Crippen molar-refractivity contribution >= 4 is 40.3 Å². The van der Waals surface area contributed by atoms with Gasteiger partial charge in [-0.1, -0.05) is 0 Å². The fourth-order valence-electron chi connectivity index (χ4n) is 0.0333. The Hall–Kier alpha value is 0.0800. The van der Waals surface area contributed by atoms with Gasteiger partial charge in [0.2, 0.25) is 9.77 Å². The lowest BCUT2D eigenvalue weighted by molar-refractivity contribution is 1.52. The molecule has 0 rings (SSSR count). The summed E-state index contributed by atoms with van der Waals surface area (Å²) in [7, 11) is 0. The van der Waals surface area contributed by atoms with E-state index in [1.807, 2.05) is 0 Å². The monoisotopic (exact) mass is 136 g/mol. The number of hydrogen-bond donors (Lipinski definition) is 0. The highest BCUT2D eigenvalue weighted by atomic mass is 32.2. The fourth-order valence-corrected chi connectivity index (χ4v) is 0.300. The lowest BCUT2D eigenvalue weighted by Gasteiger charge is -1.75. The Morgan fingerprint density at radius 1 is 2.00 bits per heavy atom. The number of rotatable bonds is 0. The van der Waals surface area contributed by atoms with Crippen LogP contribution in [0.5, 0.6) is 0 Å². The maximum atomic E-state index is 7.67. The van der Waals surface area contributed by atoms with Crippen molar-refractivity contribution in [1.82, 2.24) is 0 Å². The lowest BCUT2D eigenvalue weighted by atomic mass is 11.9. The molecule has 0 aromatic carbocycles. The molecule has 0 radical (unpaired) electrons. The second-order valence-corrected chi connectivity index (χ2v) is 2.77. The zero-order chi connectivity index (χ0) is 4.99. The van der Waals surface area contributed by atoms with Gasteiger partial charge in [0.05, 0.1) is 0 Å². The highest BCUT2D eigenvalue weighted by Gasteiger charge is 1.88. The second-order valence-electron chi connectivity index (χ2n) is 0.423. The topological polar surface area (TPSA) is 28.1 Å². The average molecular weight is 136 g/mol. The van der Waals surface area contributed by atoms with E-state index in [4.69, 9.17) is 5.39 Å². The Kier molecular flexibility index (Phi) is 3.32. The van der Waals surface area contributed by atoms with Crippen LogP contribution in [-0.2, 0) is 12.6 Å². The van der Waals surface area contributed by atoms with Crippen molar-refractivity contribution in [1.29, 1.82) is 5.39 Å². The van der Waals surface area contributed by atoms with Crippen molar-refractivity contribution in [3.8, 4) is 0 Å². The highest BCUT2D eigenvalue weighted by molar-refractivity contribution is 8.37. The summed E-state index contributed by atoms with van der Waals surface area (Å²) >= 11 is 9.35. The van der Waals surface area contributed by atoms with Gasteiger partial charge in [0.25, 0.3) is 0 Å². The number of nitrogens with zero attached hydrogens (tertiary/aromatic N) is 2. The first kappa shape index (κ1) is 6.08. The first-order valence-corrected chi connectivity index (χ1v) is 2.58. The maximum Gasteiger partial charge on any atom is 0.374 e. The molecule has 0 saturated heterocycles. The van der Waals surface area contributed by atoms with Crippen molar-refractivity contribution < 1.29 is 0 Å². The van der Waals surface area contributed by atoms with Gasteiger partial charge in [-0.2, -0.15) is 0 Å². The molecule has 0 N–H and O–H groups in total. The summed E-state index contributed by atoms with van der Waals surface area (Å²) in [5, 5.41) is 7.67. The second kappa shape index (κ2) is 3.28. The molecule has 2 nitrogen and oxygen atoms in total. The molecule has 0 unspecified atom stereocenters. The molecular weight excluding hydrogens is 136 g/mol. The fraction of sp³-hybridized carbons (Fsp3) is 0. The molecule has 0 bridgehead atoms. The maximum absolute atomic E-state index is 7.67. The first-order chi connectivity index (χ1) is 2.77. The third kappa shape index (κ3) is 4.08. The molecule has 0 aliphatic carbocycles. The van der Waals surface area contributed by atoms with Gasteiger partial charge in [-0.25, -0.2) is 0 Å². The summed E-state index contributed by atoms with van der Waals surface area (Å²) in [6.45, 7) is 0. The van der Waals surface area contributed by atoms with Crippen LogP contribution in [0.4, 0.5) is 0 Å². The van der Waals surface area contributed by atoms with Gasteiger partial charge in [0.15, 0.2) is 0 Å². The van der Waals surface area contributed by atoms with Gasteiger partial charge in [-0.15, -0.1) is 0 Å². The van der Waals surface area contributed by atoms with Crippen molar-refractivity contribution in [3.63, 3.8) is 0 Å². The molecular formula is CN2S3. The van der Waals surface area contributed by atoms with E-state index in [0.29, 0.717) is 11.9 Å². The average Bonchev–Trinajstić information content (AvgIpc) is 1.35. The molecule has 0 spiro atoms. The van der Waals surface area contributed by atoms with Gasteiger partial charge in [-0.3, -0.25) is 0 Å². The van der Waals surface area contributed by atoms with Crippen LogP contribution >= 0.6 is 24.2 Å². The summed E-state index contributed by atoms with van der Waals surface area (Å²) in [6, 6.07) is 0. The predicted octanol–water partition coefficient (Wildman–Crippen LogP) is 1.32.